The second kappa shape index (κ2) is 7.00. The van der Waals surface area contributed by atoms with Crippen LogP contribution in [0.3, 0.4) is 0 Å². The maximum atomic E-state index is 13.4. The molecule has 0 saturated heterocycles. The fourth-order valence-electron chi connectivity index (χ4n) is 1.86. The van der Waals surface area contributed by atoms with Crippen molar-refractivity contribution < 1.29 is 9.13 Å². The van der Waals surface area contributed by atoms with Gasteiger partial charge in [0.2, 0.25) is 0 Å². The number of anilines is 1. The Morgan fingerprint density at radius 2 is 2.05 bits per heavy atom. The van der Waals surface area contributed by atoms with E-state index in [4.69, 9.17) is 4.74 Å². The van der Waals surface area contributed by atoms with Gasteiger partial charge in [-0.2, -0.15) is 0 Å². The van der Waals surface area contributed by atoms with Crippen molar-refractivity contribution in [2.45, 2.75) is 13.2 Å². The van der Waals surface area contributed by atoms with Gasteiger partial charge in [0.15, 0.2) is 5.82 Å². The average Bonchev–Trinajstić information content (AvgIpc) is 3.01. The number of para-hydroxylation sites is 1. The molecule has 22 heavy (non-hydrogen) atoms. The highest BCUT2D eigenvalue weighted by Gasteiger charge is 2.05. The quantitative estimate of drug-likeness (QED) is 0.750. The van der Waals surface area contributed by atoms with E-state index in [9.17, 15) is 4.39 Å². The maximum absolute atomic E-state index is 13.4. The summed E-state index contributed by atoms with van der Waals surface area (Å²) < 4.78 is 19.1. The SMILES string of the molecule is Fc1cnccc1NCc1csc(COc2ccccc2)n1. The maximum Gasteiger partial charge on any atom is 0.164 e. The lowest BCUT2D eigenvalue weighted by atomic mass is 10.3. The molecule has 0 aliphatic heterocycles. The molecule has 2 aromatic heterocycles. The second-order valence-corrected chi connectivity index (χ2v) is 5.49. The molecule has 2 heterocycles. The van der Waals surface area contributed by atoms with Gasteiger partial charge in [-0.25, -0.2) is 9.37 Å². The van der Waals surface area contributed by atoms with Crippen LogP contribution in [0, 0.1) is 5.82 Å². The molecule has 6 heteroatoms. The zero-order chi connectivity index (χ0) is 15.2. The van der Waals surface area contributed by atoms with Crippen molar-refractivity contribution in [2.75, 3.05) is 5.32 Å². The van der Waals surface area contributed by atoms with Crippen LogP contribution < -0.4 is 10.1 Å². The molecule has 0 aliphatic carbocycles. The third kappa shape index (κ3) is 3.79. The van der Waals surface area contributed by atoms with Gasteiger partial charge in [-0.15, -0.1) is 11.3 Å². The van der Waals surface area contributed by atoms with Crippen molar-refractivity contribution in [1.29, 1.82) is 0 Å². The number of nitrogens with zero attached hydrogens (tertiary/aromatic N) is 2. The number of hydrogen-bond acceptors (Lipinski definition) is 5. The molecular formula is C16H14FN3OS. The van der Waals surface area contributed by atoms with Crippen molar-refractivity contribution in [3.63, 3.8) is 0 Å². The number of rotatable bonds is 6. The summed E-state index contributed by atoms with van der Waals surface area (Å²) in [6.45, 7) is 0.890. The fraction of sp³-hybridized carbons (Fsp3) is 0.125. The standard InChI is InChI=1S/C16H14FN3OS/c17-14-9-18-7-6-15(14)19-8-12-11-22-16(20-12)10-21-13-4-2-1-3-5-13/h1-7,9,11H,8,10H2,(H,18,19). The number of benzene rings is 1. The van der Waals surface area contributed by atoms with E-state index in [-0.39, 0.29) is 5.82 Å². The number of ether oxygens (including phenoxy) is 1. The van der Waals surface area contributed by atoms with Gasteiger partial charge in [0.05, 0.1) is 24.1 Å². The monoisotopic (exact) mass is 315 g/mol. The van der Waals surface area contributed by atoms with Crippen molar-refractivity contribution in [3.8, 4) is 5.75 Å². The molecule has 4 nitrogen and oxygen atoms in total. The fourth-order valence-corrected chi connectivity index (χ4v) is 2.57. The van der Waals surface area contributed by atoms with Gasteiger partial charge in [0, 0.05) is 11.6 Å². The first kappa shape index (κ1) is 14.5. The molecule has 0 unspecified atom stereocenters. The van der Waals surface area contributed by atoms with Crippen LogP contribution in [0.5, 0.6) is 5.75 Å². The Morgan fingerprint density at radius 1 is 1.18 bits per heavy atom. The summed E-state index contributed by atoms with van der Waals surface area (Å²) in [4.78, 5) is 8.18. The van der Waals surface area contributed by atoms with E-state index >= 15 is 0 Å². The average molecular weight is 315 g/mol. The molecule has 0 fully saturated rings. The van der Waals surface area contributed by atoms with Crippen molar-refractivity contribution >= 4 is 17.0 Å². The van der Waals surface area contributed by atoms with Crippen LogP contribution in [-0.2, 0) is 13.2 Å². The first-order valence-corrected chi connectivity index (χ1v) is 7.64. The minimum absolute atomic E-state index is 0.370. The lowest BCUT2D eigenvalue weighted by Crippen LogP contribution is -2.02. The first-order valence-electron chi connectivity index (χ1n) is 6.76. The molecule has 0 saturated carbocycles. The molecule has 1 aromatic carbocycles. The topological polar surface area (TPSA) is 47.0 Å². The van der Waals surface area contributed by atoms with Gasteiger partial charge >= 0.3 is 0 Å². The van der Waals surface area contributed by atoms with E-state index in [1.807, 2.05) is 35.7 Å². The lowest BCUT2D eigenvalue weighted by Gasteiger charge is -2.05. The van der Waals surface area contributed by atoms with Crippen LogP contribution in [0.2, 0.25) is 0 Å². The Bertz CT molecular complexity index is 733. The smallest absolute Gasteiger partial charge is 0.164 e. The minimum atomic E-state index is -0.370. The third-order valence-electron chi connectivity index (χ3n) is 2.94. The Hall–Kier alpha value is -2.47. The number of pyridine rings is 1. The van der Waals surface area contributed by atoms with Crippen LogP contribution in [0.4, 0.5) is 10.1 Å². The third-order valence-corrected chi connectivity index (χ3v) is 3.81. The predicted octanol–water partition coefficient (Wildman–Crippen LogP) is 3.87. The summed E-state index contributed by atoms with van der Waals surface area (Å²) >= 11 is 1.53. The summed E-state index contributed by atoms with van der Waals surface area (Å²) in [6.07, 6.45) is 2.73. The molecular weight excluding hydrogens is 301 g/mol. The first-order chi connectivity index (χ1) is 10.8. The molecule has 0 spiro atoms. The molecule has 0 bridgehead atoms. The predicted molar refractivity (Wildman–Crippen MR) is 84.4 cm³/mol. The molecule has 112 valence electrons. The molecule has 3 aromatic rings. The zero-order valence-corrected chi connectivity index (χ0v) is 12.5. The van der Waals surface area contributed by atoms with Crippen molar-refractivity contribution in [2.24, 2.45) is 0 Å². The number of aromatic nitrogens is 2. The lowest BCUT2D eigenvalue weighted by molar-refractivity contribution is 0.305. The van der Waals surface area contributed by atoms with Gasteiger partial charge in [0.25, 0.3) is 0 Å². The minimum Gasteiger partial charge on any atom is -0.486 e. The Labute approximate surface area is 131 Å². The largest absolute Gasteiger partial charge is 0.486 e. The van der Waals surface area contributed by atoms with Crippen LogP contribution in [0.1, 0.15) is 10.7 Å². The Morgan fingerprint density at radius 3 is 2.86 bits per heavy atom. The highest BCUT2D eigenvalue weighted by Crippen LogP contribution is 2.17. The van der Waals surface area contributed by atoms with Crippen molar-refractivity contribution in [3.05, 3.63) is 70.7 Å². The second-order valence-electron chi connectivity index (χ2n) is 4.54. The Balaban J connectivity index is 1.54. The van der Waals surface area contributed by atoms with Gasteiger partial charge in [0.1, 0.15) is 17.4 Å². The molecule has 0 radical (unpaired) electrons. The zero-order valence-electron chi connectivity index (χ0n) is 11.7. The summed E-state index contributed by atoms with van der Waals surface area (Å²) in [5.41, 5.74) is 1.28. The number of nitrogens with one attached hydrogen (secondary N) is 1. The molecule has 0 atom stereocenters. The molecule has 1 N–H and O–H groups in total. The summed E-state index contributed by atoms with van der Waals surface area (Å²) in [7, 11) is 0. The van der Waals surface area contributed by atoms with Gasteiger partial charge in [-0.3, -0.25) is 4.98 Å². The van der Waals surface area contributed by atoms with Gasteiger partial charge < -0.3 is 10.1 Å². The van der Waals surface area contributed by atoms with Gasteiger partial charge in [-0.1, -0.05) is 18.2 Å². The van der Waals surface area contributed by atoms with Crippen LogP contribution in [0.15, 0.2) is 54.2 Å². The molecule has 0 aliphatic rings. The number of halogens is 1. The molecule has 0 amide bonds. The number of thiazole rings is 1. The van der Waals surface area contributed by atoms with E-state index in [1.165, 1.54) is 17.5 Å². The van der Waals surface area contributed by atoms with E-state index in [0.29, 0.717) is 18.8 Å². The summed E-state index contributed by atoms with van der Waals surface area (Å²) in [5, 5.41) is 5.83. The van der Waals surface area contributed by atoms with E-state index in [0.717, 1.165) is 16.5 Å². The van der Waals surface area contributed by atoms with Crippen LogP contribution in [-0.4, -0.2) is 9.97 Å². The van der Waals surface area contributed by atoms with Crippen LogP contribution >= 0.6 is 11.3 Å². The highest BCUT2D eigenvalue weighted by atomic mass is 32.1. The highest BCUT2D eigenvalue weighted by molar-refractivity contribution is 7.09. The summed E-state index contributed by atoms with van der Waals surface area (Å²) in [6, 6.07) is 11.2. The van der Waals surface area contributed by atoms with E-state index in [2.05, 4.69) is 15.3 Å². The van der Waals surface area contributed by atoms with Gasteiger partial charge in [-0.05, 0) is 18.2 Å². The summed E-state index contributed by atoms with van der Waals surface area (Å²) in [5.74, 6) is 0.446. The van der Waals surface area contributed by atoms with E-state index in [1.54, 1.807) is 12.3 Å². The van der Waals surface area contributed by atoms with Crippen molar-refractivity contribution in [1.82, 2.24) is 9.97 Å². The Kier molecular flexibility index (Phi) is 4.60. The number of hydrogen-bond donors (Lipinski definition) is 1. The normalized spacial score (nSPS) is 10.4. The molecule has 3 rings (SSSR count). The van der Waals surface area contributed by atoms with E-state index < -0.39 is 0 Å². The van der Waals surface area contributed by atoms with Crippen LogP contribution in [0.25, 0.3) is 0 Å².